The number of benzene rings is 7. The highest BCUT2D eigenvalue weighted by atomic mass is 16.3. The van der Waals surface area contributed by atoms with E-state index in [1.165, 1.54) is 22.3 Å². The van der Waals surface area contributed by atoms with Gasteiger partial charge >= 0.3 is 0 Å². The summed E-state index contributed by atoms with van der Waals surface area (Å²) >= 11 is 0. The van der Waals surface area contributed by atoms with Crippen LogP contribution in [-0.4, -0.2) is 15.0 Å². The SMILES string of the molecule is C1=Cc2ccc(-c3nc(-c4ccc(-c5ccc(-c6ccccc6)cc5)cc4)nc(-c4cc(-c5ccccc5)cc5oc6ccccc6c45)n3)cc2CC1. The number of hydrogen-bond acceptors (Lipinski definition) is 4. The van der Waals surface area contributed by atoms with E-state index in [0.29, 0.717) is 17.5 Å². The monoisotopic (exact) mass is 679 g/mol. The van der Waals surface area contributed by atoms with Gasteiger partial charge in [-0.25, -0.2) is 15.0 Å². The van der Waals surface area contributed by atoms with Gasteiger partial charge in [-0.3, -0.25) is 0 Å². The first-order chi connectivity index (χ1) is 26.2. The lowest BCUT2D eigenvalue weighted by atomic mass is 9.95. The minimum Gasteiger partial charge on any atom is -0.456 e. The van der Waals surface area contributed by atoms with Crippen molar-refractivity contribution in [1.29, 1.82) is 0 Å². The lowest BCUT2D eigenvalue weighted by Gasteiger charge is -2.14. The Hall–Kier alpha value is -6.91. The molecule has 4 nitrogen and oxygen atoms in total. The number of furan rings is 1. The molecule has 0 fully saturated rings. The third-order valence-electron chi connectivity index (χ3n) is 10.2. The van der Waals surface area contributed by atoms with Gasteiger partial charge in [-0.05, 0) is 81.6 Å². The van der Waals surface area contributed by atoms with E-state index in [1.807, 2.05) is 24.3 Å². The smallest absolute Gasteiger partial charge is 0.164 e. The molecule has 0 saturated carbocycles. The average Bonchev–Trinajstić information content (AvgIpc) is 3.62. The van der Waals surface area contributed by atoms with Crippen LogP contribution in [0.25, 0.3) is 95.6 Å². The summed E-state index contributed by atoms with van der Waals surface area (Å²) in [6, 6.07) is 57.2. The Labute approximate surface area is 307 Å². The summed E-state index contributed by atoms with van der Waals surface area (Å²) in [5.41, 5.74) is 13.8. The molecule has 250 valence electrons. The highest BCUT2D eigenvalue weighted by Gasteiger charge is 2.20. The molecule has 0 atom stereocenters. The van der Waals surface area contributed by atoms with Crippen molar-refractivity contribution in [3.8, 4) is 67.5 Å². The van der Waals surface area contributed by atoms with Crippen molar-refractivity contribution < 1.29 is 4.42 Å². The molecule has 53 heavy (non-hydrogen) atoms. The van der Waals surface area contributed by atoms with Crippen LogP contribution in [-0.2, 0) is 6.42 Å². The van der Waals surface area contributed by atoms with Crippen LogP contribution in [0.2, 0.25) is 0 Å². The molecule has 0 amide bonds. The minimum absolute atomic E-state index is 0.609. The normalized spacial score (nSPS) is 12.3. The highest BCUT2D eigenvalue weighted by Crippen LogP contribution is 2.40. The molecule has 4 heteroatoms. The fourth-order valence-corrected chi connectivity index (χ4v) is 7.45. The van der Waals surface area contributed by atoms with Gasteiger partial charge in [0.05, 0.1) is 0 Å². The maximum absolute atomic E-state index is 6.48. The number of nitrogens with zero attached hydrogens (tertiary/aromatic N) is 3. The fraction of sp³-hybridized carbons (Fsp3) is 0.0408. The molecular formula is C49H33N3O. The van der Waals surface area contributed by atoms with Crippen molar-refractivity contribution >= 4 is 28.0 Å². The third-order valence-corrected chi connectivity index (χ3v) is 10.2. The first kappa shape index (κ1) is 30.9. The molecule has 1 aliphatic carbocycles. The van der Waals surface area contributed by atoms with E-state index in [2.05, 4.69) is 152 Å². The van der Waals surface area contributed by atoms with Crippen molar-refractivity contribution in [2.45, 2.75) is 12.8 Å². The van der Waals surface area contributed by atoms with Crippen LogP contribution in [0.15, 0.2) is 174 Å². The molecule has 0 saturated heterocycles. The number of aryl methyl sites for hydroxylation is 1. The zero-order valence-electron chi connectivity index (χ0n) is 28.9. The zero-order valence-corrected chi connectivity index (χ0v) is 28.9. The molecule has 0 spiro atoms. The summed E-state index contributed by atoms with van der Waals surface area (Å²) in [4.78, 5) is 15.6. The largest absolute Gasteiger partial charge is 0.456 e. The standard InChI is InChI=1S/C49H33N3O/c1-3-11-32(12-4-1)35-19-21-36(22-20-35)37-23-26-38(27-24-37)47-50-48(40-28-25-34-15-7-8-16-39(34)29-40)52-49(51-47)43-30-41(33-13-5-2-6-14-33)31-45-46(43)42-17-9-10-18-44(42)53-45/h1-7,9-15,17-31H,8,16H2. The summed E-state index contributed by atoms with van der Waals surface area (Å²) in [5, 5.41) is 2.03. The maximum Gasteiger partial charge on any atom is 0.164 e. The van der Waals surface area contributed by atoms with Crippen LogP contribution in [0.5, 0.6) is 0 Å². The van der Waals surface area contributed by atoms with Gasteiger partial charge in [0.2, 0.25) is 0 Å². The summed E-state index contributed by atoms with van der Waals surface area (Å²) < 4.78 is 6.48. The summed E-state index contributed by atoms with van der Waals surface area (Å²) in [6.45, 7) is 0. The second kappa shape index (κ2) is 13.0. The molecule has 2 aromatic heterocycles. The number of fused-ring (bicyclic) bond motifs is 4. The fourth-order valence-electron chi connectivity index (χ4n) is 7.45. The van der Waals surface area contributed by atoms with E-state index in [9.17, 15) is 0 Å². The van der Waals surface area contributed by atoms with Gasteiger partial charge in [-0.2, -0.15) is 0 Å². The van der Waals surface area contributed by atoms with Gasteiger partial charge in [-0.15, -0.1) is 0 Å². The van der Waals surface area contributed by atoms with E-state index < -0.39 is 0 Å². The summed E-state index contributed by atoms with van der Waals surface area (Å²) in [5.74, 6) is 1.88. The Balaban J connectivity index is 1.13. The molecule has 10 rings (SSSR count). The van der Waals surface area contributed by atoms with Crippen molar-refractivity contribution in [3.05, 3.63) is 181 Å². The molecule has 0 unspecified atom stereocenters. The molecule has 0 bridgehead atoms. The van der Waals surface area contributed by atoms with E-state index in [-0.39, 0.29) is 0 Å². The number of aromatic nitrogens is 3. The van der Waals surface area contributed by atoms with Gasteiger partial charge < -0.3 is 4.42 Å². The first-order valence-corrected chi connectivity index (χ1v) is 18.1. The zero-order chi connectivity index (χ0) is 35.1. The molecule has 1 aliphatic rings. The number of para-hydroxylation sites is 1. The van der Waals surface area contributed by atoms with Gasteiger partial charge in [0.1, 0.15) is 11.2 Å². The molecule has 0 radical (unpaired) electrons. The van der Waals surface area contributed by atoms with Crippen LogP contribution in [0.3, 0.4) is 0 Å². The van der Waals surface area contributed by atoms with Crippen LogP contribution < -0.4 is 0 Å². The highest BCUT2D eigenvalue weighted by molar-refractivity contribution is 6.13. The van der Waals surface area contributed by atoms with E-state index in [1.54, 1.807) is 0 Å². The first-order valence-electron chi connectivity index (χ1n) is 18.1. The molecule has 0 N–H and O–H groups in total. The van der Waals surface area contributed by atoms with Gasteiger partial charge in [-0.1, -0.05) is 152 Å². The Morgan fingerprint density at radius 1 is 0.415 bits per heavy atom. The molecule has 0 aliphatic heterocycles. The topological polar surface area (TPSA) is 51.8 Å². The quantitative estimate of drug-likeness (QED) is 0.175. The molecule has 7 aromatic carbocycles. The summed E-state index contributed by atoms with van der Waals surface area (Å²) in [6.07, 6.45) is 6.48. The second-order valence-electron chi connectivity index (χ2n) is 13.5. The predicted octanol–water partition coefficient (Wildman–Crippen LogP) is 12.7. The molecule has 9 aromatic rings. The number of allylic oxidation sites excluding steroid dienone is 1. The van der Waals surface area contributed by atoms with E-state index >= 15 is 0 Å². The Morgan fingerprint density at radius 3 is 1.66 bits per heavy atom. The van der Waals surface area contributed by atoms with Gasteiger partial charge in [0.25, 0.3) is 0 Å². The van der Waals surface area contributed by atoms with Crippen LogP contribution in [0.4, 0.5) is 0 Å². The molecular weight excluding hydrogens is 647 g/mol. The molecule has 2 heterocycles. The van der Waals surface area contributed by atoms with E-state index in [4.69, 9.17) is 19.4 Å². The van der Waals surface area contributed by atoms with Gasteiger partial charge in [0, 0.05) is 27.5 Å². The number of hydrogen-bond donors (Lipinski definition) is 0. The second-order valence-corrected chi connectivity index (χ2v) is 13.5. The minimum atomic E-state index is 0.609. The summed E-state index contributed by atoms with van der Waals surface area (Å²) in [7, 11) is 0. The lowest BCUT2D eigenvalue weighted by Crippen LogP contribution is -2.02. The lowest BCUT2D eigenvalue weighted by molar-refractivity contribution is 0.669. The average molecular weight is 680 g/mol. The predicted molar refractivity (Wildman–Crippen MR) is 217 cm³/mol. The Bertz CT molecular complexity index is 2800. The van der Waals surface area contributed by atoms with Gasteiger partial charge in [0.15, 0.2) is 17.5 Å². The van der Waals surface area contributed by atoms with Crippen LogP contribution >= 0.6 is 0 Å². The van der Waals surface area contributed by atoms with E-state index in [0.717, 1.165) is 73.7 Å². The maximum atomic E-state index is 6.48. The van der Waals surface area contributed by atoms with Crippen molar-refractivity contribution in [3.63, 3.8) is 0 Å². The van der Waals surface area contributed by atoms with Crippen molar-refractivity contribution in [2.24, 2.45) is 0 Å². The Kier molecular flexibility index (Phi) is 7.58. The number of rotatable bonds is 6. The van der Waals surface area contributed by atoms with Crippen molar-refractivity contribution in [2.75, 3.05) is 0 Å². The third kappa shape index (κ3) is 5.81. The van der Waals surface area contributed by atoms with Crippen LogP contribution in [0, 0.1) is 0 Å². The van der Waals surface area contributed by atoms with Crippen LogP contribution in [0.1, 0.15) is 17.5 Å². The van der Waals surface area contributed by atoms with Crippen molar-refractivity contribution in [1.82, 2.24) is 15.0 Å². The Morgan fingerprint density at radius 2 is 0.962 bits per heavy atom.